The first kappa shape index (κ1) is 20.7. The molecule has 0 atom stereocenters. The van der Waals surface area contributed by atoms with Gasteiger partial charge in [0.25, 0.3) is 0 Å². The van der Waals surface area contributed by atoms with Crippen molar-refractivity contribution in [1.29, 1.82) is 0 Å². The van der Waals surface area contributed by atoms with Crippen LogP contribution in [0.25, 0.3) is 11.3 Å². The number of amides is 2. The Labute approximate surface area is 182 Å². The largest absolute Gasteiger partial charge is 0.492 e. The second-order valence-electron chi connectivity index (χ2n) is 7.41. The van der Waals surface area contributed by atoms with Crippen LogP contribution in [0.1, 0.15) is 26.2 Å². The maximum absolute atomic E-state index is 12.5. The van der Waals surface area contributed by atoms with Crippen molar-refractivity contribution in [3.63, 3.8) is 0 Å². The van der Waals surface area contributed by atoms with E-state index in [9.17, 15) is 4.79 Å². The molecule has 7 heteroatoms. The molecule has 160 valence electrons. The van der Waals surface area contributed by atoms with E-state index in [1.807, 2.05) is 61.5 Å². The minimum Gasteiger partial charge on any atom is -0.492 e. The van der Waals surface area contributed by atoms with Crippen LogP contribution in [0.3, 0.4) is 0 Å². The fraction of sp³-hybridized carbons (Fsp3) is 0.292. The number of anilines is 3. The van der Waals surface area contributed by atoms with Gasteiger partial charge in [-0.15, -0.1) is 10.2 Å². The molecule has 1 fully saturated rings. The fourth-order valence-electron chi connectivity index (χ4n) is 3.66. The zero-order valence-electron chi connectivity index (χ0n) is 17.7. The molecule has 4 rings (SSSR count). The van der Waals surface area contributed by atoms with Gasteiger partial charge in [-0.2, -0.15) is 0 Å². The van der Waals surface area contributed by atoms with Gasteiger partial charge in [-0.05, 0) is 62.6 Å². The summed E-state index contributed by atoms with van der Waals surface area (Å²) in [6.45, 7) is 4.51. The highest BCUT2D eigenvalue weighted by Gasteiger charge is 2.13. The number of urea groups is 1. The van der Waals surface area contributed by atoms with E-state index in [2.05, 4.69) is 25.7 Å². The average Bonchev–Trinajstić information content (AvgIpc) is 2.81. The molecule has 0 saturated carbocycles. The van der Waals surface area contributed by atoms with Gasteiger partial charge in [-0.25, -0.2) is 4.79 Å². The first-order valence-corrected chi connectivity index (χ1v) is 10.7. The molecule has 0 bridgehead atoms. The lowest BCUT2D eigenvalue weighted by Gasteiger charge is -2.27. The van der Waals surface area contributed by atoms with Gasteiger partial charge in [0.05, 0.1) is 18.0 Å². The van der Waals surface area contributed by atoms with Gasteiger partial charge in [0.2, 0.25) is 0 Å². The van der Waals surface area contributed by atoms with E-state index < -0.39 is 0 Å². The zero-order chi connectivity index (χ0) is 21.5. The molecule has 1 aliphatic rings. The predicted octanol–water partition coefficient (Wildman–Crippen LogP) is 5.18. The van der Waals surface area contributed by atoms with E-state index in [-0.39, 0.29) is 6.03 Å². The number of nitrogens with zero attached hydrogens (tertiary/aromatic N) is 3. The number of nitrogens with one attached hydrogen (secondary N) is 2. The SMILES string of the molecule is CCOc1ccccc1NC(=O)Nc1cccc(-c2ccc(N3CCCCC3)nn2)c1. The molecule has 1 saturated heterocycles. The van der Waals surface area contributed by atoms with Crippen LogP contribution in [-0.4, -0.2) is 35.9 Å². The molecule has 0 unspecified atom stereocenters. The molecule has 31 heavy (non-hydrogen) atoms. The van der Waals surface area contributed by atoms with Crippen molar-refractivity contribution in [3.05, 3.63) is 60.7 Å². The highest BCUT2D eigenvalue weighted by atomic mass is 16.5. The molecular formula is C24H27N5O2. The first-order chi connectivity index (χ1) is 15.2. The third kappa shape index (κ3) is 5.31. The lowest BCUT2D eigenvalue weighted by molar-refractivity contribution is 0.262. The van der Waals surface area contributed by atoms with Gasteiger partial charge in [0.1, 0.15) is 5.75 Å². The lowest BCUT2D eigenvalue weighted by Crippen LogP contribution is -2.30. The van der Waals surface area contributed by atoms with Crippen molar-refractivity contribution >= 4 is 23.2 Å². The first-order valence-electron chi connectivity index (χ1n) is 10.7. The summed E-state index contributed by atoms with van der Waals surface area (Å²) in [5.74, 6) is 1.56. The number of benzene rings is 2. The summed E-state index contributed by atoms with van der Waals surface area (Å²) in [6, 6.07) is 18.6. The Morgan fingerprint density at radius 2 is 1.81 bits per heavy atom. The summed E-state index contributed by atoms with van der Waals surface area (Å²) in [7, 11) is 0. The molecule has 0 spiro atoms. The highest BCUT2D eigenvalue weighted by molar-refractivity contribution is 6.01. The number of carbonyl (C=O) groups is 1. The monoisotopic (exact) mass is 417 g/mol. The quantitative estimate of drug-likeness (QED) is 0.578. The maximum atomic E-state index is 12.5. The number of hydrogen-bond acceptors (Lipinski definition) is 5. The number of hydrogen-bond donors (Lipinski definition) is 2. The summed E-state index contributed by atoms with van der Waals surface area (Å²) >= 11 is 0. The van der Waals surface area contributed by atoms with Crippen LogP contribution in [0.5, 0.6) is 5.75 Å². The second-order valence-corrected chi connectivity index (χ2v) is 7.41. The van der Waals surface area contributed by atoms with E-state index in [4.69, 9.17) is 4.74 Å². The molecule has 2 heterocycles. The number of piperidine rings is 1. The molecule has 1 aromatic heterocycles. The van der Waals surface area contributed by atoms with E-state index in [0.717, 1.165) is 30.2 Å². The van der Waals surface area contributed by atoms with Gasteiger partial charge >= 0.3 is 6.03 Å². The Morgan fingerprint density at radius 3 is 2.58 bits per heavy atom. The molecule has 7 nitrogen and oxygen atoms in total. The summed E-state index contributed by atoms with van der Waals surface area (Å²) in [6.07, 6.45) is 3.69. The second kappa shape index (κ2) is 9.93. The third-order valence-electron chi connectivity index (χ3n) is 5.18. The van der Waals surface area contributed by atoms with E-state index in [1.165, 1.54) is 19.3 Å². The number of aromatic nitrogens is 2. The van der Waals surface area contributed by atoms with Crippen LogP contribution in [0.2, 0.25) is 0 Å². The minimum absolute atomic E-state index is 0.337. The highest BCUT2D eigenvalue weighted by Crippen LogP contribution is 2.25. The van der Waals surface area contributed by atoms with Crippen LogP contribution in [0.15, 0.2) is 60.7 Å². The van der Waals surface area contributed by atoms with Gasteiger partial charge in [0.15, 0.2) is 5.82 Å². The summed E-state index contributed by atoms with van der Waals surface area (Å²) < 4.78 is 5.56. The minimum atomic E-state index is -0.337. The van der Waals surface area contributed by atoms with Crippen LogP contribution in [-0.2, 0) is 0 Å². The van der Waals surface area contributed by atoms with Crippen LogP contribution < -0.4 is 20.3 Å². The van der Waals surface area contributed by atoms with Gasteiger partial charge in [-0.1, -0.05) is 24.3 Å². The van der Waals surface area contributed by atoms with Crippen LogP contribution in [0.4, 0.5) is 22.0 Å². The number of rotatable bonds is 6. The number of para-hydroxylation sites is 2. The maximum Gasteiger partial charge on any atom is 0.323 e. The van der Waals surface area contributed by atoms with Gasteiger partial charge in [-0.3, -0.25) is 0 Å². The number of ether oxygens (including phenoxy) is 1. The molecule has 2 aromatic carbocycles. The molecule has 3 aromatic rings. The van der Waals surface area contributed by atoms with Crippen molar-refractivity contribution in [2.75, 3.05) is 35.2 Å². The molecule has 0 radical (unpaired) electrons. The number of carbonyl (C=O) groups excluding carboxylic acids is 1. The van der Waals surface area contributed by atoms with Crippen molar-refractivity contribution in [1.82, 2.24) is 10.2 Å². The van der Waals surface area contributed by atoms with Crippen molar-refractivity contribution in [2.45, 2.75) is 26.2 Å². The lowest BCUT2D eigenvalue weighted by atomic mass is 10.1. The Morgan fingerprint density at radius 1 is 0.968 bits per heavy atom. The normalized spacial score (nSPS) is 13.5. The Bertz CT molecular complexity index is 1020. The Balaban J connectivity index is 1.43. The molecule has 1 aliphatic heterocycles. The summed E-state index contributed by atoms with van der Waals surface area (Å²) in [5, 5.41) is 14.5. The predicted molar refractivity (Wildman–Crippen MR) is 124 cm³/mol. The average molecular weight is 418 g/mol. The molecular weight excluding hydrogens is 390 g/mol. The topological polar surface area (TPSA) is 79.4 Å². The van der Waals surface area contributed by atoms with Crippen molar-refractivity contribution in [3.8, 4) is 17.0 Å². The summed E-state index contributed by atoms with van der Waals surface area (Å²) in [4.78, 5) is 14.8. The van der Waals surface area contributed by atoms with Gasteiger partial charge in [0, 0.05) is 24.3 Å². The molecule has 0 aliphatic carbocycles. The zero-order valence-corrected chi connectivity index (χ0v) is 17.7. The van der Waals surface area contributed by atoms with E-state index in [0.29, 0.717) is 23.7 Å². The van der Waals surface area contributed by atoms with E-state index >= 15 is 0 Å². The summed E-state index contributed by atoms with van der Waals surface area (Å²) in [5.41, 5.74) is 2.96. The molecule has 2 amide bonds. The van der Waals surface area contributed by atoms with E-state index in [1.54, 1.807) is 6.07 Å². The fourth-order valence-corrected chi connectivity index (χ4v) is 3.66. The van der Waals surface area contributed by atoms with Crippen molar-refractivity contribution in [2.24, 2.45) is 0 Å². The standard InChI is InChI=1S/C24H27N5O2/c1-2-31-22-12-5-4-11-21(22)26-24(30)25-19-10-8-9-18(17-19)20-13-14-23(28-27-20)29-15-6-3-7-16-29/h4-5,8-14,17H,2-3,6-7,15-16H2,1H3,(H2,25,26,30). The molecule has 2 N–H and O–H groups in total. The van der Waals surface area contributed by atoms with Crippen molar-refractivity contribution < 1.29 is 9.53 Å². The Hall–Kier alpha value is -3.61. The van der Waals surface area contributed by atoms with Crippen LogP contribution in [0, 0.1) is 0 Å². The van der Waals surface area contributed by atoms with Crippen LogP contribution >= 0.6 is 0 Å². The van der Waals surface area contributed by atoms with Gasteiger partial charge < -0.3 is 20.3 Å². The third-order valence-corrected chi connectivity index (χ3v) is 5.18. The Kier molecular flexibility index (Phi) is 6.62. The smallest absolute Gasteiger partial charge is 0.323 e.